The van der Waals surface area contributed by atoms with Crippen LogP contribution in [0.2, 0.25) is 0 Å². The van der Waals surface area contributed by atoms with E-state index in [1.807, 2.05) is 0 Å². The fourth-order valence-electron chi connectivity index (χ4n) is 3.60. The molecule has 0 radical (unpaired) electrons. The third-order valence-electron chi connectivity index (χ3n) is 4.39. The molecule has 108 valence electrons. The van der Waals surface area contributed by atoms with Gasteiger partial charge in [0.2, 0.25) is 0 Å². The summed E-state index contributed by atoms with van der Waals surface area (Å²) in [7, 11) is 0. The van der Waals surface area contributed by atoms with Gasteiger partial charge in [-0.2, -0.15) is 0 Å². The molecule has 0 heterocycles. The van der Waals surface area contributed by atoms with Crippen LogP contribution in [0.1, 0.15) is 47.1 Å². The lowest BCUT2D eigenvalue weighted by Crippen LogP contribution is -2.34. The number of rotatable bonds is 2. The summed E-state index contributed by atoms with van der Waals surface area (Å²) in [5.41, 5.74) is 2.11. The average molecular weight is 268 g/mol. The van der Waals surface area contributed by atoms with Crippen molar-refractivity contribution < 1.29 is 0 Å². The minimum absolute atomic E-state index is 0.315. The second-order valence-electron chi connectivity index (χ2n) is 8.13. The Morgan fingerprint density at radius 2 is 1.30 bits per heavy atom. The van der Waals surface area contributed by atoms with E-state index in [0.717, 1.165) is 6.42 Å². The van der Waals surface area contributed by atoms with Gasteiger partial charge in [0, 0.05) is 0 Å². The van der Waals surface area contributed by atoms with Crippen LogP contribution in [0.5, 0.6) is 0 Å². The van der Waals surface area contributed by atoms with Crippen molar-refractivity contribution in [2.24, 2.45) is 16.7 Å². The Bertz CT molecular complexity index is 559. The molecule has 0 fully saturated rings. The van der Waals surface area contributed by atoms with Crippen LogP contribution in [0.15, 0.2) is 42.5 Å². The predicted molar refractivity (Wildman–Crippen MR) is 90.1 cm³/mol. The Kier molecular flexibility index (Phi) is 3.95. The molecule has 0 atom stereocenters. The molecule has 0 saturated carbocycles. The van der Waals surface area contributed by atoms with Gasteiger partial charge in [0.25, 0.3) is 0 Å². The van der Waals surface area contributed by atoms with E-state index >= 15 is 0 Å². The van der Waals surface area contributed by atoms with Gasteiger partial charge in [-0.15, -0.1) is 0 Å². The summed E-state index contributed by atoms with van der Waals surface area (Å²) in [5.74, 6) is 0.654. The molecule has 0 spiro atoms. The first-order valence-electron chi connectivity index (χ1n) is 7.66. The molecule has 2 rings (SSSR count). The molecule has 0 aliphatic heterocycles. The van der Waals surface area contributed by atoms with Crippen LogP contribution in [0, 0.1) is 16.7 Å². The summed E-state index contributed by atoms with van der Waals surface area (Å²) in [4.78, 5) is 0. The Morgan fingerprint density at radius 3 is 1.90 bits per heavy atom. The van der Waals surface area contributed by atoms with Gasteiger partial charge in [-0.1, -0.05) is 84.0 Å². The number of benzene rings is 2. The third kappa shape index (κ3) is 3.23. The van der Waals surface area contributed by atoms with E-state index in [1.54, 1.807) is 0 Å². The summed E-state index contributed by atoms with van der Waals surface area (Å²) in [6, 6.07) is 15.4. The van der Waals surface area contributed by atoms with E-state index in [2.05, 4.69) is 84.0 Å². The minimum Gasteiger partial charge on any atom is -0.0616 e. The van der Waals surface area contributed by atoms with Gasteiger partial charge in [0.15, 0.2) is 0 Å². The van der Waals surface area contributed by atoms with Crippen LogP contribution < -0.4 is 0 Å². The lowest BCUT2D eigenvalue weighted by atomic mass is 9.64. The first-order chi connectivity index (χ1) is 9.19. The van der Waals surface area contributed by atoms with Crippen molar-refractivity contribution in [1.82, 2.24) is 0 Å². The van der Waals surface area contributed by atoms with Crippen LogP contribution in [-0.2, 0) is 6.42 Å². The molecule has 0 saturated heterocycles. The zero-order valence-electron chi connectivity index (χ0n) is 13.8. The van der Waals surface area contributed by atoms with E-state index in [0.29, 0.717) is 16.7 Å². The normalized spacial score (nSPS) is 13.2. The number of hydrogen-bond acceptors (Lipinski definition) is 0. The first-order valence-corrected chi connectivity index (χ1v) is 7.66. The van der Waals surface area contributed by atoms with Crippen molar-refractivity contribution in [1.29, 1.82) is 0 Å². The standard InChI is InChI=1S/C20H28/c1-19(2,3)18(20(4,5)6)14-16-12-9-11-15-10-7-8-13-17(15)16/h7-13,18H,14H2,1-6H3. The molecule has 2 aromatic rings. The summed E-state index contributed by atoms with van der Waals surface area (Å²) in [6.45, 7) is 14.2. The molecule has 0 N–H and O–H groups in total. The van der Waals surface area contributed by atoms with Crippen LogP contribution in [0.25, 0.3) is 10.8 Å². The van der Waals surface area contributed by atoms with Crippen LogP contribution >= 0.6 is 0 Å². The highest BCUT2D eigenvalue weighted by molar-refractivity contribution is 5.85. The van der Waals surface area contributed by atoms with Gasteiger partial charge >= 0.3 is 0 Å². The average Bonchev–Trinajstić information content (AvgIpc) is 2.33. The maximum Gasteiger partial charge on any atom is -0.0152 e. The maximum atomic E-state index is 2.37. The van der Waals surface area contributed by atoms with Crippen LogP contribution in [-0.4, -0.2) is 0 Å². The second-order valence-corrected chi connectivity index (χ2v) is 8.13. The van der Waals surface area contributed by atoms with E-state index < -0.39 is 0 Å². The van der Waals surface area contributed by atoms with Crippen molar-refractivity contribution in [3.63, 3.8) is 0 Å². The molecule has 0 aliphatic rings. The molecule has 0 aromatic heterocycles. The molecule has 0 amide bonds. The van der Waals surface area contributed by atoms with Gasteiger partial charge in [-0.25, -0.2) is 0 Å². The third-order valence-corrected chi connectivity index (χ3v) is 4.39. The van der Waals surface area contributed by atoms with Crippen molar-refractivity contribution in [3.8, 4) is 0 Å². The summed E-state index contributed by atoms with van der Waals surface area (Å²) >= 11 is 0. The molecule has 0 bridgehead atoms. The Morgan fingerprint density at radius 1 is 0.750 bits per heavy atom. The second kappa shape index (κ2) is 5.24. The summed E-state index contributed by atoms with van der Waals surface area (Å²) in [5, 5.41) is 2.76. The molecule has 20 heavy (non-hydrogen) atoms. The Labute approximate surface area is 124 Å². The van der Waals surface area contributed by atoms with Crippen molar-refractivity contribution in [2.45, 2.75) is 48.0 Å². The fraction of sp³-hybridized carbons (Fsp3) is 0.500. The largest absolute Gasteiger partial charge is 0.0616 e. The molecule has 0 nitrogen and oxygen atoms in total. The lowest BCUT2D eigenvalue weighted by molar-refractivity contribution is 0.102. The highest BCUT2D eigenvalue weighted by atomic mass is 14.4. The molecular formula is C20H28. The van der Waals surface area contributed by atoms with Gasteiger partial charge in [0.1, 0.15) is 0 Å². The lowest BCUT2D eigenvalue weighted by Gasteiger charge is -2.41. The van der Waals surface area contributed by atoms with Crippen LogP contribution in [0.3, 0.4) is 0 Å². The first kappa shape index (κ1) is 15.1. The quantitative estimate of drug-likeness (QED) is 0.618. The smallest absolute Gasteiger partial charge is 0.0152 e. The fourth-order valence-corrected chi connectivity index (χ4v) is 3.60. The van der Waals surface area contributed by atoms with Gasteiger partial charge in [-0.3, -0.25) is 0 Å². The summed E-state index contributed by atoms with van der Waals surface area (Å²) < 4.78 is 0. The van der Waals surface area contributed by atoms with E-state index in [1.165, 1.54) is 16.3 Å². The van der Waals surface area contributed by atoms with Gasteiger partial charge in [-0.05, 0) is 39.5 Å². The maximum absolute atomic E-state index is 2.37. The topological polar surface area (TPSA) is 0 Å². The molecule has 2 aromatic carbocycles. The Hall–Kier alpha value is -1.30. The molecule has 0 unspecified atom stereocenters. The van der Waals surface area contributed by atoms with Crippen molar-refractivity contribution in [3.05, 3.63) is 48.0 Å². The highest BCUT2D eigenvalue weighted by Gasteiger charge is 2.34. The zero-order valence-corrected chi connectivity index (χ0v) is 13.8. The Balaban J connectivity index is 2.44. The minimum atomic E-state index is 0.315. The molecular weight excluding hydrogens is 240 g/mol. The summed E-state index contributed by atoms with van der Waals surface area (Å²) in [6.07, 6.45) is 1.15. The SMILES string of the molecule is CC(C)(C)C(Cc1cccc2ccccc12)C(C)(C)C. The van der Waals surface area contributed by atoms with Gasteiger partial charge in [0.05, 0.1) is 0 Å². The molecule has 0 aliphatic carbocycles. The van der Waals surface area contributed by atoms with E-state index in [-0.39, 0.29) is 0 Å². The van der Waals surface area contributed by atoms with E-state index in [4.69, 9.17) is 0 Å². The molecule has 0 heteroatoms. The van der Waals surface area contributed by atoms with Crippen molar-refractivity contribution >= 4 is 10.8 Å². The van der Waals surface area contributed by atoms with E-state index in [9.17, 15) is 0 Å². The van der Waals surface area contributed by atoms with Gasteiger partial charge < -0.3 is 0 Å². The predicted octanol–water partition coefficient (Wildman–Crippen LogP) is 6.09. The number of fused-ring (bicyclic) bond motifs is 1. The van der Waals surface area contributed by atoms with Crippen molar-refractivity contribution in [2.75, 3.05) is 0 Å². The van der Waals surface area contributed by atoms with Crippen LogP contribution in [0.4, 0.5) is 0 Å². The highest BCUT2D eigenvalue weighted by Crippen LogP contribution is 2.42. The zero-order chi connectivity index (χ0) is 15.0. The monoisotopic (exact) mass is 268 g/mol. The number of hydrogen-bond donors (Lipinski definition) is 0.